The number of pyridine rings is 1. The van der Waals surface area contributed by atoms with Gasteiger partial charge in [0.2, 0.25) is 5.89 Å². The molecular weight excluding hydrogens is 270 g/mol. The second-order valence-electron chi connectivity index (χ2n) is 4.79. The van der Waals surface area contributed by atoms with E-state index in [0.717, 1.165) is 13.0 Å². The van der Waals surface area contributed by atoms with Gasteiger partial charge in [-0.3, -0.25) is 4.79 Å². The number of nitrogens with zero attached hydrogens (tertiary/aromatic N) is 3. The summed E-state index contributed by atoms with van der Waals surface area (Å²) in [5.41, 5.74) is 0. The summed E-state index contributed by atoms with van der Waals surface area (Å²) in [4.78, 5) is 15.6. The summed E-state index contributed by atoms with van der Waals surface area (Å²) in [5, 5.41) is 3.52. The lowest BCUT2D eigenvalue weighted by Crippen LogP contribution is -2.31. The quantitative estimate of drug-likeness (QED) is 0.658. The standard InChI is InChI=1S/C15H20N3O3/c1-2-8-18-9-6-14(7-10-18)20-11-13(19)4-3-5-15-16-12-17-21-15/h6-7,9-10,12H,2-5,8,11H2,1H3/q+1. The molecular formula is C15H20N3O3+. The van der Waals surface area contributed by atoms with Gasteiger partial charge in [-0.05, 0) is 6.42 Å². The highest BCUT2D eigenvalue weighted by atomic mass is 16.5. The lowest BCUT2D eigenvalue weighted by molar-refractivity contribution is -0.697. The van der Waals surface area contributed by atoms with E-state index in [2.05, 4.69) is 21.6 Å². The van der Waals surface area contributed by atoms with Gasteiger partial charge in [-0.1, -0.05) is 12.1 Å². The molecule has 0 aromatic carbocycles. The summed E-state index contributed by atoms with van der Waals surface area (Å²) in [7, 11) is 0. The summed E-state index contributed by atoms with van der Waals surface area (Å²) in [6.07, 6.45) is 8.12. The average molecular weight is 290 g/mol. The van der Waals surface area contributed by atoms with Gasteiger partial charge in [0.15, 0.2) is 24.5 Å². The normalized spacial score (nSPS) is 10.5. The number of Topliss-reactive ketones (excluding diaryl/α,β-unsaturated/α-hetero) is 1. The fourth-order valence-electron chi connectivity index (χ4n) is 1.93. The molecule has 0 amide bonds. The Morgan fingerprint density at radius 2 is 2.19 bits per heavy atom. The van der Waals surface area contributed by atoms with Gasteiger partial charge in [-0.25, -0.2) is 4.57 Å². The van der Waals surface area contributed by atoms with Crippen LogP contribution in [0.4, 0.5) is 0 Å². The zero-order valence-corrected chi connectivity index (χ0v) is 12.2. The van der Waals surface area contributed by atoms with Crippen LogP contribution in [0.5, 0.6) is 5.75 Å². The molecule has 112 valence electrons. The van der Waals surface area contributed by atoms with Crippen molar-refractivity contribution in [1.29, 1.82) is 0 Å². The molecule has 0 unspecified atom stereocenters. The lowest BCUT2D eigenvalue weighted by atomic mass is 10.2. The summed E-state index contributed by atoms with van der Waals surface area (Å²) < 4.78 is 12.4. The van der Waals surface area contributed by atoms with Gasteiger partial charge < -0.3 is 9.26 Å². The minimum atomic E-state index is 0.0693. The smallest absolute Gasteiger partial charge is 0.226 e. The third kappa shape index (κ3) is 5.33. The van der Waals surface area contributed by atoms with Gasteiger partial charge in [-0.15, -0.1) is 0 Å². The molecule has 21 heavy (non-hydrogen) atoms. The molecule has 0 aliphatic heterocycles. The van der Waals surface area contributed by atoms with E-state index in [1.807, 2.05) is 24.5 Å². The van der Waals surface area contributed by atoms with Crippen LogP contribution in [0.2, 0.25) is 0 Å². The van der Waals surface area contributed by atoms with Crippen LogP contribution in [0.15, 0.2) is 35.4 Å². The Hall–Kier alpha value is -2.24. The number of rotatable bonds is 9. The Bertz CT molecular complexity index is 538. The number of aryl methyl sites for hydroxylation is 2. The van der Waals surface area contributed by atoms with Crippen molar-refractivity contribution in [3.8, 4) is 5.75 Å². The lowest BCUT2D eigenvalue weighted by Gasteiger charge is -2.04. The molecule has 2 rings (SSSR count). The summed E-state index contributed by atoms with van der Waals surface area (Å²) >= 11 is 0. The van der Waals surface area contributed by atoms with Crippen molar-refractivity contribution >= 4 is 5.78 Å². The molecule has 2 aromatic rings. The molecule has 0 N–H and O–H groups in total. The fourth-order valence-corrected chi connectivity index (χ4v) is 1.93. The number of carbonyl (C=O) groups excluding carboxylic acids is 1. The Morgan fingerprint density at radius 1 is 1.38 bits per heavy atom. The largest absolute Gasteiger partial charge is 0.485 e. The Morgan fingerprint density at radius 3 is 2.86 bits per heavy atom. The predicted octanol–water partition coefficient (Wildman–Crippen LogP) is 1.74. The summed E-state index contributed by atoms with van der Waals surface area (Å²) in [6, 6.07) is 3.75. The fraction of sp³-hybridized carbons (Fsp3) is 0.467. The van der Waals surface area contributed by atoms with E-state index in [1.165, 1.54) is 6.33 Å². The zero-order chi connectivity index (χ0) is 14.9. The van der Waals surface area contributed by atoms with Crippen LogP contribution in [0, 0.1) is 0 Å². The second kappa shape index (κ2) is 8.14. The first kappa shape index (κ1) is 15.2. The maximum absolute atomic E-state index is 11.7. The molecule has 0 saturated carbocycles. The maximum Gasteiger partial charge on any atom is 0.226 e. The van der Waals surface area contributed by atoms with Gasteiger partial charge in [-0.2, -0.15) is 4.98 Å². The van der Waals surface area contributed by atoms with Gasteiger partial charge in [0.1, 0.15) is 18.9 Å². The molecule has 2 aromatic heterocycles. The molecule has 6 nitrogen and oxygen atoms in total. The maximum atomic E-state index is 11.7. The Labute approximate surface area is 123 Å². The van der Waals surface area contributed by atoms with Crippen LogP contribution in [-0.4, -0.2) is 22.5 Å². The third-order valence-corrected chi connectivity index (χ3v) is 3.00. The van der Waals surface area contributed by atoms with Gasteiger partial charge in [0, 0.05) is 31.4 Å². The van der Waals surface area contributed by atoms with Crippen LogP contribution in [0.3, 0.4) is 0 Å². The minimum absolute atomic E-state index is 0.0693. The number of ketones is 1. The van der Waals surface area contributed by atoms with Crippen LogP contribution in [0.1, 0.15) is 32.1 Å². The molecule has 0 radical (unpaired) electrons. The van der Waals surface area contributed by atoms with Crippen molar-refractivity contribution in [3.05, 3.63) is 36.7 Å². The van der Waals surface area contributed by atoms with Crippen LogP contribution >= 0.6 is 0 Å². The molecule has 2 heterocycles. The number of aromatic nitrogens is 3. The van der Waals surface area contributed by atoms with Crippen molar-refractivity contribution in [2.24, 2.45) is 0 Å². The van der Waals surface area contributed by atoms with Crippen LogP contribution in [0.25, 0.3) is 0 Å². The highest BCUT2D eigenvalue weighted by molar-refractivity contribution is 5.79. The molecule has 0 aliphatic carbocycles. The first-order valence-electron chi connectivity index (χ1n) is 7.17. The van der Waals surface area contributed by atoms with Crippen molar-refractivity contribution in [2.75, 3.05) is 6.61 Å². The summed E-state index contributed by atoms with van der Waals surface area (Å²) in [5.74, 6) is 1.35. The van der Waals surface area contributed by atoms with E-state index in [-0.39, 0.29) is 12.4 Å². The average Bonchev–Trinajstić information content (AvgIpc) is 3.00. The van der Waals surface area contributed by atoms with Crippen LogP contribution in [-0.2, 0) is 17.8 Å². The van der Waals surface area contributed by atoms with Crippen molar-refractivity contribution in [3.63, 3.8) is 0 Å². The third-order valence-electron chi connectivity index (χ3n) is 3.00. The van der Waals surface area contributed by atoms with E-state index >= 15 is 0 Å². The van der Waals surface area contributed by atoms with Crippen LogP contribution < -0.4 is 9.30 Å². The van der Waals surface area contributed by atoms with Gasteiger partial charge in [0.05, 0.1) is 0 Å². The van der Waals surface area contributed by atoms with Gasteiger partial charge >= 0.3 is 0 Å². The van der Waals surface area contributed by atoms with E-state index in [9.17, 15) is 4.79 Å². The molecule has 0 fully saturated rings. The van der Waals surface area contributed by atoms with E-state index in [4.69, 9.17) is 9.26 Å². The molecule has 0 aliphatic rings. The first-order chi connectivity index (χ1) is 10.3. The highest BCUT2D eigenvalue weighted by Crippen LogP contribution is 2.07. The predicted molar refractivity (Wildman–Crippen MR) is 74.7 cm³/mol. The topological polar surface area (TPSA) is 69.1 Å². The molecule has 0 atom stereocenters. The molecule has 0 saturated heterocycles. The second-order valence-corrected chi connectivity index (χ2v) is 4.79. The monoisotopic (exact) mass is 290 g/mol. The number of ether oxygens (including phenoxy) is 1. The highest BCUT2D eigenvalue weighted by Gasteiger charge is 2.07. The summed E-state index contributed by atoms with van der Waals surface area (Å²) in [6.45, 7) is 3.21. The van der Waals surface area contributed by atoms with E-state index in [0.29, 0.717) is 30.9 Å². The Kier molecular flexibility index (Phi) is 5.87. The molecule has 6 heteroatoms. The number of hydrogen-bond donors (Lipinski definition) is 0. The van der Waals surface area contributed by atoms with E-state index < -0.39 is 0 Å². The minimum Gasteiger partial charge on any atom is -0.485 e. The van der Waals surface area contributed by atoms with Gasteiger partial charge in [0.25, 0.3) is 0 Å². The molecule has 0 spiro atoms. The number of hydrogen-bond acceptors (Lipinski definition) is 5. The molecule has 0 bridgehead atoms. The van der Waals surface area contributed by atoms with E-state index in [1.54, 1.807) is 0 Å². The Balaban J connectivity index is 1.66. The SMILES string of the molecule is CCC[n+]1ccc(OCC(=O)CCCc2ncno2)cc1. The van der Waals surface area contributed by atoms with Crippen molar-refractivity contribution in [2.45, 2.75) is 39.2 Å². The first-order valence-corrected chi connectivity index (χ1v) is 7.17. The van der Waals surface area contributed by atoms with Crippen molar-refractivity contribution < 1.29 is 18.6 Å². The van der Waals surface area contributed by atoms with Crippen molar-refractivity contribution in [1.82, 2.24) is 10.1 Å². The number of carbonyl (C=O) groups is 1. The zero-order valence-electron chi connectivity index (χ0n) is 12.2.